The molecule has 0 spiro atoms. The summed E-state index contributed by atoms with van der Waals surface area (Å²) < 4.78 is 0. The average Bonchev–Trinajstić information content (AvgIpc) is 2.54. The Kier molecular flexibility index (Phi) is 5.65. The van der Waals surface area contributed by atoms with Gasteiger partial charge >= 0.3 is 0 Å². The number of hydrogen-bond donors (Lipinski definition) is 0. The lowest BCUT2D eigenvalue weighted by Gasteiger charge is -2.35. The van der Waals surface area contributed by atoms with E-state index in [4.69, 9.17) is 0 Å². The highest BCUT2D eigenvalue weighted by Gasteiger charge is 2.27. The molecule has 1 aromatic carbocycles. The third kappa shape index (κ3) is 4.57. The molecular formula is C19H29N3O2. The summed E-state index contributed by atoms with van der Waals surface area (Å²) in [5, 5.41) is 0. The van der Waals surface area contributed by atoms with Crippen LogP contribution in [0.3, 0.4) is 0 Å². The number of hydrogen-bond acceptors (Lipinski definition) is 4. The van der Waals surface area contributed by atoms with Crippen LogP contribution in [-0.2, 0) is 4.79 Å². The van der Waals surface area contributed by atoms with E-state index < -0.39 is 0 Å². The molecule has 5 nitrogen and oxygen atoms in total. The molecule has 1 fully saturated rings. The second kappa shape index (κ2) is 7.34. The SMILES string of the molecule is CN(C)c1cccc(C(=O)N2CCN(CC(=O)C(C)(C)C)CC2)c1. The molecule has 0 bridgehead atoms. The summed E-state index contributed by atoms with van der Waals surface area (Å²) in [6, 6.07) is 7.70. The van der Waals surface area contributed by atoms with Crippen molar-refractivity contribution < 1.29 is 9.59 Å². The highest BCUT2D eigenvalue weighted by atomic mass is 16.2. The van der Waals surface area contributed by atoms with E-state index in [9.17, 15) is 9.59 Å². The van der Waals surface area contributed by atoms with Gasteiger partial charge in [-0.15, -0.1) is 0 Å². The van der Waals surface area contributed by atoms with Gasteiger partial charge in [0, 0.05) is 56.9 Å². The minimum Gasteiger partial charge on any atom is -0.378 e. The molecule has 1 aromatic rings. The molecule has 0 aromatic heterocycles. The lowest BCUT2D eigenvalue weighted by Crippen LogP contribution is -2.50. The first-order valence-corrected chi connectivity index (χ1v) is 8.51. The number of carbonyl (C=O) groups is 2. The quantitative estimate of drug-likeness (QED) is 0.848. The number of anilines is 1. The van der Waals surface area contributed by atoms with E-state index in [1.54, 1.807) is 0 Å². The highest BCUT2D eigenvalue weighted by Crippen LogP contribution is 2.18. The van der Waals surface area contributed by atoms with Crippen molar-refractivity contribution in [1.82, 2.24) is 9.80 Å². The van der Waals surface area contributed by atoms with Crippen molar-refractivity contribution in [2.75, 3.05) is 51.7 Å². The van der Waals surface area contributed by atoms with E-state index in [-0.39, 0.29) is 17.1 Å². The van der Waals surface area contributed by atoms with Gasteiger partial charge in [-0.25, -0.2) is 0 Å². The normalized spacial score (nSPS) is 16.1. The van der Waals surface area contributed by atoms with Crippen LogP contribution in [0.15, 0.2) is 24.3 Å². The predicted molar refractivity (Wildman–Crippen MR) is 97.6 cm³/mol. The van der Waals surface area contributed by atoms with Crippen LogP contribution in [0.5, 0.6) is 0 Å². The first kappa shape index (κ1) is 18.5. The Balaban J connectivity index is 1.93. The third-order valence-electron chi connectivity index (χ3n) is 4.47. The van der Waals surface area contributed by atoms with Crippen LogP contribution in [-0.4, -0.2) is 68.3 Å². The van der Waals surface area contributed by atoms with Gasteiger partial charge in [0.25, 0.3) is 5.91 Å². The lowest BCUT2D eigenvalue weighted by molar-refractivity contribution is -0.127. The zero-order valence-corrected chi connectivity index (χ0v) is 15.5. The Bertz CT molecular complexity index is 597. The van der Waals surface area contributed by atoms with Crippen LogP contribution in [0.2, 0.25) is 0 Å². The van der Waals surface area contributed by atoms with Crippen molar-refractivity contribution in [2.24, 2.45) is 5.41 Å². The van der Waals surface area contributed by atoms with E-state index in [1.807, 2.05) is 68.9 Å². The van der Waals surface area contributed by atoms with Crippen molar-refractivity contribution in [2.45, 2.75) is 20.8 Å². The van der Waals surface area contributed by atoms with Crippen molar-refractivity contribution in [1.29, 1.82) is 0 Å². The topological polar surface area (TPSA) is 43.9 Å². The van der Waals surface area contributed by atoms with E-state index in [0.29, 0.717) is 19.6 Å². The van der Waals surface area contributed by atoms with E-state index in [1.165, 1.54) is 0 Å². The largest absolute Gasteiger partial charge is 0.378 e. The van der Waals surface area contributed by atoms with Crippen molar-refractivity contribution in [3.05, 3.63) is 29.8 Å². The summed E-state index contributed by atoms with van der Waals surface area (Å²) in [6.45, 7) is 9.17. The maximum Gasteiger partial charge on any atom is 0.254 e. The molecule has 2 rings (SSSR count). The Morgan fingerprint density at radius 1 is 1.08 bits per heavy atom. The van der Waals surface area contributed by atoms with Crippen molar-refractivity contribution >= 4 is 17.4 Å². The Labute approximate surface area is 145 Å². The van der Waals surface area contributed by atoms with Gasteiger partial charge in [0.15, 0.2) is 5.78 Å². The molecule has 0 radical (unpaired) electrons. The van der Waals surface area contributed by atoms with Gasteiger partial charge in [0.2, 0.25) is 0 Å². The summed E-state index contributed by atoms with van der Waals surface area (Å²) in [5.74, 6) is 0.321. The van der Waals surface area contributed by atoms with Gasteiger partial charge < -0.3 is 9.80 Å². The third-order valence-corrected chi connectivity index (χ3v) is 4.47. The first-order chi connectivity index (χ1) is 11.2. The van der Waals surface area contributed by atoms with Gasteiger partial charge in [-0.3, -0.25) is 14.5 Å². The molecule has 1 aliphatic rings. The zero-order valence-electron chi connectivity index (χ0n) is 15.5. The molecule has 5 heteroatoms. The van der Waals surface area contributed by atoms with Gasteiger partial charge in [-0.05, 0) is 18.2 Å². The number of nitrogens with zero attached hydrogens (tertiary/aromatic N) is 3. The van der Waals surface area contributed by atoms with Crippen molar-refractivity contribution in [3.8, 4) is 0 Å². The number of ketones is 1. The second-order valence-electron chi connectivity index (χ2n) is 7.69. The standard InChI is InChI=1S/C19H29N3O2/c1-19(2,3)17(23)14-21-9-11-22(12-10-21)18(24)15-7-6-8-16(13-15)20(4)5/h6-8,13H,9-12,14H2,1-5H3. The Morgan fingerprint density at radius 2 is 1.71 bits per heavy atom. The number of amides is 1. The number of Topliss-reactive ketones (excluding diaryl/α,β-unsaturated/α-hetero) is 1. The molecular weight excluding hydrogens is 302 g/mol. The number of rotatable bonds is 4. The smallest absolute Gasteiger partial charge is 0.254 e. The van der Waals surface area contributed by atoms with Gasteiger partial charge in [0.1, 0.15) is 0 Å². The van der Waals surface area contributed by atoms with E-state index >= 15 is 0 Å². The van der Waals surface area contributed by atoms with Crippen LogP contribution in [0.25, 0.3) is 0 Å². The van der Waals surface area contributed by atoms with Crippen LogP contribution in [0.4, 0.5) is 5.69 Å². The first-order valence-electron chi connectivity index (χ1n) is 8.51. The molecule has 24 heavy (non-hydrogen) atoms. The molecule has 1 heterocycles. The molecule has 1 saturated heterocycles. The molecule has 132 valence electrons. The molecule has 0 N–H and O–H groups in total. The fraction of sp³-hybridized carbons (Fsp3) is 0.579. The van der Waals surface area contributed by atoms with E-state index in [2.05, 4.69) is 4.90 Å². The van der Waals surface area contributed by atoms with Crippen LogP contribution in [0, 0.1) is 5.41 Å². The maximum absolute atomic E-state index is 12.7. The number of benzene rings is 1. The fourth-order valence-electron chi connectivity index (χ4n) is 2.65. The zero-order chi connectivity index (χ0) is 17.9. The monoisotopic (exact) mass is 331 g/mol. The minimum atomic E-state index is -0.306. The minimum absolute atomic E-state index is 0.0699. The Hall–Kier alpha value is -1.88. The Morgan fingerprint density at radius 3 is 2.25 bits per heavy atom. The molecule has 0 saturated carbocycles. The fourth-order valence-corrected chi connectivity index (χ4v) is 2.65. The highest BCUT2D eigenvalue weighted by molar-refractivity contribution is 5.95. The summed E-state index contributed by atoms with van der Waals surface area (Å²) in [4.78, 5) is 30.8. The predicted octanol–water partition coefficient (Wildman–Crippen LogP) is 2.13. The number of carbonyl (C=O) groups excluding carboxylic acids is 2. The van der Waals surface area contributed by atoms with Crippen molar-refractivity contribution in [3.63, 3.8) is 0 Å². The molecule has 1 aliphatic heterocycles. The second-order valence-corrected chi connectivity index (χ2v) is 7.69. The maximum atomic E-state index is 12.7. The summed E-state index contributed by atoms with van der Waals surface area (Å²) >= 11 is 0. The van der Waals surface area contributed by atoms with Crippen LogP contribution < -0.4 is 4.90 Å². The summed E-state index contributed by atoms with van der Waals surface area (Å²) in [7, 11) is 3.93. The number of piperazine rings is 1. The molecule has 0 atom stereocenters. The summed E-state index contributed by atoms with van der Waals surface area (Å²) in [5.41, 5.74) is 1.44. The van der Waals surface area contributed by atoms with Gasteiger partial charge in [0.05, 0.1) is 6.54 Å². The van der Waals surface area contributed by atoms with Gasteiger partial charge in [-0.1, -0.05) is 26.8 Å². The van der Waals surface area contributed by atoms with Gasteiger partial charge in [-0.2, -0.15) is 0 Å². The average molecular weight is 331 g/mol. The molecule has 0 aliphatic carbocycles. The van der Waals surface area contributed by atoms with Crippen LogP contribution >= 0.6 is 0 Å². The molecule has 1 amide bonds. The van der Waals surface area contributed by atoms with E-state index in [0.717, 1.165) is 24.3 Å². The van der Waals surface area contributed by atoms with Crippen LogP contribution in [0.1, 0.15) is 31.1 Å². The summed E-state index contributed by atoms with van der Waals surface area (Å²) in [6.07, 6.45) is 0. The molecule has 0 unspecified atom stereocenters. The lowest BCUT2D eigenvalue weighted by atomic mass is 9.90.